The molecule has 0 spiro atoms. The molecule has 0 N–H and O–H groups in total. The minimum Gasteiger partial charge on any atom is -0.212 e. The van der Waals surface area contributed by atoms with E-state index in [1.54, 1.807) is 7.05 Å². The number of rotatable bonds is 6. The van der Waals surface area contributed by atoms with Crippen LogP contribution in [0.15, 0.2) is 28.7 Å². The Morgan fingerprint density at radius 1 is 1.35 bits per heavy atom. The molecule has 6 heteroatoms. The van der Waals surface area contributed by atoms with Gasteiger partial charge in [0, 0.05) is 23.9 Å². The van der Waals surface area contributed by atoms with Crippen molar-refractivity contribution in [2.75, 3.05) is 18.7 Å². The van der Waals surface area contributed by atoms with Crippen LogP contribution in [-0.4, -0.2) is 31.4 Å². The summed E-state index contributed by atoms with van der Waals surface area (Å²) >= 11 is 8.91. The highest BCUT2D eigenvalue weighted by atomic mass is 79.9. The van der Waals surface area contributed by atoms with Gasteiger partial charge < -0.3 is 0 Å². The van der Waals surface area contributed by atoms with Crippen LogP contribution in [0.4, 0.5) is 0 Å². The lowest BCUT2D eigenvalue weighted by molar-refractivity contribution is 0.465. The summed E-state index contributed by atoms with van der Waals surface area (Å²) in [5.74, 6) is 0.458. The molecular weight excluding hydrogens is 326 g/mol. The first-order valence-corrected chi connectivity index (χ1v) is 8.14. The van der Waals surface area contributed by atoms with Crippen LogP contribution >= 0.6 is 27.5 Å². The molecule has 0 bridgehead atoms. The van der Waals surface area contributed by atoms with E-state index in [2.05, 4.69) is 15.9 Å². The Bertz CT molecular complexity index is 464. The molecule has 0 aliphatic heterocycles. The topological polar surface area (TPSA) is 37.4 Å². The molecule has 0 aliphatic carbocycles. The Morgan fingerprint density at radius 2 is 2.00 bits per heavy atom. The van der Waals surface area contributed by atoms with Crippen molar-refractivity contribution in [1.29, 1.82) is 0 Å². The molecule has 0 radical (unpaired) electrons. The maximum absolute atomic E-state index is 11.9. The Balaban J connectivity index is 2.72. The summed E-state index contributed by atoms with van der Waals surface area (Å²) < 4.78 is 26.0. The van der Waals surface area contributed by atoms with E-state index in [1.807, 2.05) is 24.3 Å². The second-order valence-corrected chi connectivity index (χ2v) is 7.13. The molecule has 0 saturated carbocycles. The number of alkyl halides is 1. The van der Waals surface area contributed by atoms with E-state index < -0.39 is 10.0 Å². The van der Waals surface area contributed by atoms with Gasteiger partial charge >= 0.3 is 0 Å². The highest BCUT2D eigenvalue weighted by molar-refractivity contribution is 9.10. The van der Waals surface area contributed by atoms with Crippen LogP contribution in [0.2, 0.25) is 0 Å². The largest absolute Gasteiger partial charge is 0.214 e. The quantitative estimate of drug-likeness (QED) is 0.747. The number of hydrogen-bond acceptors (Lipinski definition) is 2. The van der Waals surface area contributed by atoms with Gasteiger partial charge in [0.05, 0.1) is 5.75 Å². The van der Waals surface area contributed by atoms with Crippen molar-refractivity contribution in [1.82, 2.24) is 4.31 Å². The number of hydrogen-bond donors (Lipinski definition) is 0. The minimum absolute atomic E-state index is 0.0947. The lowest BCUT2D eigenvalue weighted by Gasteiger charge is -2.17. The molecule has 3 nitrogen and oxygen atoms in total. The minimum atomic E-state index is -3.21. The zero-order valence-corrected chi connectivity index (χ0v) is 12.7. The van der Waals surface area contributed by atoms with E-state index in [9.17, 15) is 8.42 Å². The summed E-state index contributed by atoms with van der Waals surface area (Å²) in [5.41, 5.74) is 0.949. The van der Waals surface area contributed by atoms with Crippen molar-refractivity contribution in [2.45, 2.75) is 13.0 Å². The number of nitrogens with zero attached hydrogens (tertiary/aromatic N) is 1. The number of sulfonamides is 1. The smallest absolute Gasteiger partial charge is 0.212 e. The summed E-state index contributed by atoms with van der Waals surface area (Å²) in [7, 11) is -1.62. The van der Waals surface area contributed by atoms with E-state index in [-0.39, 0.29) is 5.75 Å². The summed E-state index contributed by atoms with van der Waals surface area (Å²) in [5, 5.41) is 0. The van der Waals surface area contributed by atoms with Gasteiger partial charge in [-0.15, -0.1) is 11.6 Å². The van der Waals surface area contributed by atoms with Crippen molar-refractivity contribution in [3.05, 3.63) is 34.3 Å². The van der Waals surface area contributed by atoms with Gasteiger partial charge in [-0.3, -0.25) is 0 Å². The molecule has 96 valence electrons. The zero-order chi connectivity index (χ0) is 12.9. The van der Waals surface area contributed by atoms with Gasteiger partial charge in [-0.25, -0.2) is 12.7 Å². The Morgan fingerprint density at radius 3 is 2.59 bits per heavy atom. The van der Waals surface area contributed by atoms with E-state index in [0.717, 1.165) is 10.0 Å². The first-order valence-electron chi connectivity index (χ1n) is 5.21. The summed E-state index contributed by atoms with van der Waals surface area (Å²) in [6.07, 6.45) is 0.476. The monoisotopic (exact) mass is 339 g/mol. The highest BCUT2D eigenvalue weighted by Gasteiger charge is 2.17. The molecule has 0 aromatic heterocycles. The summed E-state index contributed by atoms with van der Waals surface area (Å²) in [6.45, 7) is 0.367. The molecule has 0 unspecified atom stereocenters. The van der Waals surface area contributed by atoms with Crippen LogP contribution in [0.1, 0.15) is 12.0 Å². The van der Waals surface area contributed by atoms with Gasteiger partial charge in [-0.2, -0.15) is 0 Å². The molecule has 1 rings (SSSR count). The standard InChI is InChI=1S/C11H15BrClNO2S/c1-14(17(15,16)8-4-7-13)9-10-5-2-3-6-11(10)12/h2-3,5-6H,4,7-9H2,1H3. The highest BCUT2D eigenvalue weighted by Crippen LogP contribution is 2.18. The Kier molecular flexibility index (Phi) is 5.92. The second-order valence-electron chi connectivity index (χ2n) is 3.71. The van der Waals surface area contributed by atoms with Crippen LogP contribution in [0.5, 0.6) is 0 Å². The lowest BCUT2D eigenvalue weighted by Crippen LogP contribution is -2.29. The van der Waals surface area contributed by atoms with Gasteiger partial charge in [-0.05, 0) is 18.1 Å². The summed E-state index contributed by atoms with van der Waals surface area (Å²) in [4.78, 5) is 0. The summed E-state index contributed by atoms with van der Waals surface area (Å²) in [6, 6.07) is 7.58. The second kappa shape index (κ2) is 6.73. The van der Waals surface area contributed by atoms with Gasteiger partial charge in [0.25, 0.3) is 0 Å². The number of halogens is 2. The van der Waals surface area contributed by atoms with Gasteiger partial charge in [0.2, 0.25) is 10.0 Å². The maximum Gasteiger partial charge on any atom is 0.214 e. The normalized spacial score (nSPS) is 12.0. The number of benzene rings is 1. The first kappa shape index (κ1) is 15.0. The van der Waals surface area contributed by atoms with E-state index >= 15 is 0 Å². The van der Waals surface area contributed by atoms with Crippen molar-refractivity contribution >= 4 is 37.6 Å². The van der Waals surface area contributed by atoms with Crippen LogP contribution in [-0.2, 0) is 16.6 Å². The predicted molar refractivity (Wildman–Crippen MR) is 74.7 cm³/mol. The first-order chi connectivity index (χ1) is 7.97. The molecule has 0 heterocycles. The van der Waals surface area contributed by atoms with E-state index in [0.29, 0.717) is 18.8 Å². The molecular formula is C11H15BrClNO2S. The molecule has 0 atom stereocenters. The predicted octanol–water partition coefficient (Wildman–Crippen LogP) is 2.84. The molecule has 0 saturated heterocycles. The Hall–Kier alpha value is -0.100. The fourth-order valence-electron chi connectivity index (χ4n) is 1.36. The van der Waals surface area contributed by atoms with Crippen molar-refractivity contribution in [3.8, 4) is 0 Å². The third kappa shape index (κ3) is 4.58. The third-order valence-electron chi connectivity index (χ3n) is 2.36. The van der Waals surface area contributed by atoms with Crippen LogP contribution in [0.25, 0.3) is 0 Å². The fraction of sp³-hybridized carbons (Fsp3) is 0.455. The SMILES string of the molecule is CN(Cc1ccccc1Br)S(=O)(=O)CCCCl. The zero-order valence-electron chi connectivity index (χ0n) is 9.57. The van der Waals surface area contributed by atoms with Gasteiger partial charge in [0.1, 0.15) is 0 Å². The van der Waals surface area contributed by atoms with E-state index in [1.165, 1.54) is 4.31 Å². The molecule has 1 aromatic carbocycles. The molecule has 0 amide bonds. The molecule has 17 heavy (non-hydrogen) atoms. The van der Waals surface area contributed by atoms with E-state index in [4.69, 9.17) is 11.6 Å². The van der Waals surface area contributed by atoms with Crippen molar-refractivity contribution in [3.63, 3.8) is 0 Å². The van der Waals surface area contributed by atoms with Gasteiger partial charge in [0.15, 0.2) is 0 Å². The lowest BCUT2D eigenvalue weighted by atomic mass is 10.2. The maximum atomic E-state index is 11.9. The average Bonchev–Trinajstić information content (AvgIpc) is 2.29. The Labute approximate surface area is 116 Å². The fourth-order valence-corrected chi connectivity index (χ4v) is 3.22. The average molecular weight is 341 g/mol. The van der Waals surface area contributed by atoms with Crippen LogP contribution < -0.4 is 0 Å². The van der Waals surface area contributed by atoms with Gasteiger partial charge in [-0.1, -0.05) is 34.1 Å². The molecule has 0 fully saturated rings. The van der Waals surface area contributed by atoms with Crippen LogP contribution in [0, 0.1) is 0 Å². The van der Waals surface area contributed by atoms with Crippen LogP contribution in [0.3, 0.4) is 0 Å². The molecule has 0 aliphatic rings. The third-order valence-corrected chi connectivity index (χ3v) is 5.29. The molecule has 1 aromatic rings. The van der Waals surface area contributed by atoms with Crippen molar-refractivity contribution in [2.24, 2.45) is 0 Å². The van der Waals surface area contributed by atoms with Crippen molar-refractivity contribution < 1.29 is 8.42 Å².